The monoisotopic (exact) mass is 281 g/mol. The van der Waals surface area contributed by atoms with Gasteiger partial charge in [0.2, 0.25) is 11.7 Å². The number of hydrogen-bond acceptors (Lipinski definition) is 5. The number of nitrogens with two attached hydrogens (primary N) is 1. The number of benzene rings is 1. The van der Waals surface area contributed by atoms with Crippen molar-refractivity contribution >= 4 is 22.9 Å². The van der Waals surface area contributed by atoms with Gasteiger partial charge in [0.15, 0.2) is 5.65 Å². The molecule has 0 radical (unpaired) electrons. The normalized spacial score (nSPS) is 11.4. The second-order valence-electron chi connectivity index (χ2n) is 4.67. The van der Waals surface area contributed by atoms with E-state index >= 15 is 0 Å². The lowest BCUT2D eigenvalue weighted by molar-refractivity contribution is 0.764. The lowest BCUT2D eigenvalue weighted by Crippen LogP contribution is -2.24. The minimum atomic E-state index is -0.203. The highest BCUT2D eigenvalue weighted by Gasteiger charge is 2.16. The van der Waals surface area contributed by atoms with Gasteiger partial charge < -0.3 is 10.7 Å². The Bertz CT molecular complexity index is 996. The number of nitrogens with one attached hydrogen (secondary N) is 1. The fourth-order valence-electron chi connectivity index (χ4n) is 2.41. The maximum absolute atomic E-state index is 12.6. The topological polar surface area (TPSA) is 107 Å². The summed E-state index contributed by atoms with van der Waals surface area (Å²) in [6.07, 6.45) is 1.46. The predicted octanol–water partition coefficient (Wildman–Crippen LogP) is 0.398. The van der Waals surface area contributed by atoms with Crippen molar-refractivity contribution in [1.29, 1.82) is 0 Å². The molecule has 4 aromatic rings. The molecule has 0 aliphatic rings. The third kappa shape index (κ3) is 1.62. The number of fused-ring (bicyclic) bond motifs is 3. The summed E-state index contributed by atoms with van der Waals surface area (Å²) in [6.45, 7) is 0.385. The van der Waals surface area contributed by atoms with Crippen LogP contribution in [-0.4, -0.2) is 29.1 Å². The number of aromatic amines is 1. The van der Waals surface area contributed by atoms with E-state index in [4.69, 9.17) is 5.73 Å². The molecule has 21 heavy (non-hydrogen) atoms. The molecule has 4 rings (SSSR count). The average molecular weight is 281 g/mol. The molecule has 0 saturated heterocycles. The molecule has 1 aromatic carbocycles. The molecule has 0 aliphatic heterocycles. The Morgan fingerprint density at radius 1 is 1.19 bits per heavy atom. The first-order chi connectivity index (χ1) is 10.3. The van der Waals surface area contributed by atoms with Gasteiger partial charge in [0.05, 0.1) is 12.9 Å². The smallest absolute Gasteiger partial charge is 0.281 e. The summed E-state index contributed by atoms with van der Waals surface area (Å²) in [5, 5.41) is 7.85. The molecule has 3 aromatic heterocycles. The van der Waals surface area contributed by atoms with Crippen molar-refractivity contribution in [1.82, 2.24) is 29.1 Å². The SMILES string of the molecule is Nc1nnc2n(Cc3ccccc3)c(=O)c3[nH]cnc3n12. The van der Waals surface area contributed by atoms with Crippen molar-refractivity contribution in [3.05, 3.63) is 52.6 Å². The van der Waals surface area contributed by atoms with Crippen molar-refractivity contribution < 1.29 is 0 Å². The minimum Gasteiger partial charge on any atom is -0.367 e. The fraction of sp³-hybridized carbons (Fsp3) is 0.0769. The van der Waals surface area contributed by atoms with Crippen LogP contribution >= 0.6 is 0 Å². The molecule has 104 valence electrons. The first-order valence-electron chi connectivity index (χ1n) is 6.36. The van der Waals surface area contributed by atoms with Crippen molar-refractivity contribution in [3.8, 4) is 0 Å². The van der Waals surface area contributed by atoms with Crippen LogP contribution in [0.2, 0.25) is 0 Å². The highest BCUT2D eigenvalue weighted by atomic mass is 16.1. The van der Waals surface area contributed by atoms with Crippen molar-refractivity contribution in [2.24, 2.45) is 0 Å². The number of nitrogens with zero attached hydrogens (tertiary/aromatic N) is 5. The zero-order chi connectivity index (χ0) is 14.4. The first-order valence-corrected chi connectivity index (χ1v) is 6.36. The van der Waals surface area contributed by atoms with Crippen LogP contribution in [0.5, 0.6) is 0 Å². The lowest BCUT2D eigenvalue weighted by atomic mass is 10.2. The van der Waals surface area contributed by atoms with Crippen molar-refractivity contribution in [2.75, 3.05) is 5.73 Å². The molecule has 0 unspecified atom stereocenters. The first kappa shape index (κ1) is 11.6. The molecule has 0 saturated carbocycles. The Balaban J connectivity index is 2.06. The second-order valence-corrected chi connectivity index (χ2v) is 4.67. The molecular formula is C13H11N7O. The molecule has 0 bridgehead atoms. The number of hydrogen-bond donors (Lipinski definition) is 2. The molecule has 8 nitrogen and oxygen atoms in total. The van der Waals surface area contributed by atoms with Crippen LogP contribution in [0, 0.1) is 0 Å². The van der Waals surface area contributed by atoms with Crippen molar-refractivity contribution in [2.45, 2.75) is 6.54 Å². The quantitative estimate of drug-likeness (QED) is 0.553. The summed E-state index contributed by atoms with van der Waals surface area (Å²) < 4.78 is 3.09. The molecule has 0 atom stereocenters. The van der Waals surface area contributed by atoms with E-state index < -0.39 is 0 Å². The van der Waals surface area contributed by atoms with Gasteiger partial charge in [0.25, 0.3) is 5.56 Å². The summed E-state index contributed by atoms with van der Waals surface area (Å²) in [5.41, 5.74) is 7.43. The van der Waals surface area contributed by atoms with E-state index in [1.54, 1.807) is 4.40 Å². The Kier molecular flexibility index (Phi) is 2.31. The van der Waals surface area contributed by atoms with Crippen LogP contribution < -0.4 is 11.3 Å². The number of H-pyrrole nitrogens is 1. The summed E-state index contributed by atoms with van der Waals surface area (Å²) in [7, 11) is 0. The van der Waals surface area contributed by atoms with E-state index in [1.165, 1.54) is 10.9 Å². The summed E-state index contributed by atoms with van der Waals surface area (Å²) in [6, 6.07) is 9.66. The third-order valence-electron chi connectivity index (χ3n) is 3.39. The zero-order valence-corrected chi connectivity index (χ0v) is 10.9. The largest absolute Gasteiger partial charge is 0.367 e. The van der Waals surface area contributed by atoms with Gasteiger partial charge in [-0.2, -0.15) is 0 Å². The Morgan fingerprint density at radius 2 is 2.00 bits per heavy atom. The maximum atomic E-state index is 12.6. The predicted molar refractivity (Wildman–Crippen MR) is 76.9 cm³/mol. The number of nitrogen functional groups attached to an aromatic ring is 1. The molecule has 3 heterocycles. The number of imidazole rings is 1. The van der Waals surface area contributed by atoms with E-state index in [-0.39, 0.29) is 11.5 Å². The third-order valence-corrected chi connectivity index (χ3v) is 3.39. The summed E-state index contributed by atoms with van der Waals surface area (Å²) >= 11 is 0. The Hall–Kier alpha value is -3.16. The Morgan fingerprint density at radius 3 is 2.81 bits per heavy atom. The summed E-state index contributed by atoms with van der Waals surface area (Å²) in [5.74, 6) is 0.574. The fourth-order valence-corrected chi connectivity index (χ4v) is 2.41. The van der Waals surface area contributed by atoms with E-state index in [0.29, 0.717) is 23.5 Å². The average Bonchev–Trinajstić information content (AvgIpc) is 3.11. The molecule has 0 spiro atoms. The van der Waals surface area contributed by atoms with Gasteiger partial charge in [0, 0.05) is 0 Å². The second kappa shape index (κ2) is 4.17. The van der Waals surface area contributed by atoms with Gasteiger partial charge in [-0.15, -0.1) is 10.2 Å². The molecule has 0 aliphatic carbocycles. The molecular weight excluding hydrogens is 270 g/mol. The molecule has 0 amide bonds. The van der Waals surface area contributed by atoms with E-state index in [1.807, 2.05) is 30.3 Å². The van der Waals surface area contributed by atoms with Gasteiger partial charge in [-0.1, -0.05) is 30.3 Å². The highest BCUT2D eigenvalue weighted by molar-refractivity contribution is 5.73. The van der Waals surface area contributed by atoms with Crippen LogP contribution in [0.25, 0.3) is 16.9 Å². The van der Waals surface area contributed by atoms with Gasteiger partial charge in [-0.3, -0.25) is 9.36 Å². The van der Waals surface area contributed by atoms with Gasteiger partial charge in [-0.25, -0.2) is 9.38 Å². The van der Waals surface area contributed by atoms with Crippen LogP contribution in [0.4, 0.5) is 5.95 Å². The highest BCUT2D eigenvalue weighted by Crippen LogP contribution is 2.13. The van der Waals surface area contributed by atoms with E-state index in [2.05, 4.69) is 20.2 Å². The number of anilines is 1. The molecule has 8 heteroatoms. The van der Waals surface area contributed by atoms with Gasteiger partial charge in [0.1, 0.15) is 5.52 Å². The van der Waals surface area contributed by atoms with Crippen LogP contribution in [0.1, 0.15) is 5.56 Å². The van der Waals surface area contributed by atoms with E-state index in [0.717, 1.165) is 5.56 Å². The van der Waals surface area contributed by atoms with Gasteiger partial charge in [-0.05, 0) is 5.56 Å². The van der Waals surface area contributed by atoms with E-state index in [9.17, 15) is 4.79 Å². The number of aromatic nitrogens is 6. The van der Waals surface area contributed by atoms with Gasteiger partial charge >= 0.3 is 0 Å². The van der Waals surface area contributed by atoms with Crippen molar-refractivity contribution in [3.63, 3.8) is 0 Å². The number of rotatable bonds is 2. The standard InChI is InChI=1S/C13H11N7O/c14-12-17-18-13-19(6-8-4-2-1-3-5-8)11(21)9-10(20(12)13)16-7-15-9/h1-5,7H,6H2,(H2,14,17)(H,15,16). The molecule has 3 N–H and O–H groups in total. The minimum absolute atomic E-state index is 0.198. The zero-order valence-electron chi connectivity index (χ0n) is 10.9. The van der Waals surface area contributed by atoms with Crippen LogP contribution in [-0.2, 0) is 6.54 Å². The molecule has 0 fully saturated rings. The van der Waals surface area contributed by atoms with Crippen LogP contribution in [0.15, 0.2) is 41.5 Å². The Labute approximate surface area is 117 Å². The summed E-state index contributed by atoms with van der Waals surface area (Å²) in [4.78, 5) is 19.6. The van der Waals surface area contributed by atoms with Crippen LogP contribution in [0.3, 0.4) is 0 Å². The maximum Gasteiger partial charge on any atom is 0.281 e. The lowest BCUT2D eigenvalue weighted by Gasteiger charge is -2.08.